The van der Waals surface area contributed by atoms with Crippen LogP contribution < -0.4 is 11.3 Å². The number of anilines is 1. The molecule has 5 nitrogen and oxygen atoms in total. The molecule has 0 bridgehead atoms. The van der Waals surface area contributed by atoms with E-state index in [0.717, 1.165) is 24.9 Å². The summed E-state index contributed by atoms with van der Waals surface area (Å²) in [7, 11) is 1.69. The summed E-state index contributed by atoms with van der Waals surface area (Å²) in [6, 6.07) is 5.63. The van der Waals surface area contributed by atoms with Gasteiger partial charge in [0.2, 0.25) is 0 Å². The van der Waals surface area contributed by atoms with E-state index < -0.39 is 0 Å². The number of rotatable bonds is 3. The van der Waals surface area contributed by atoms with Gasteiger partial charge in [-0.15, -0.1) is 0 Å². The fourth-order valence-corrected chi connectivity index (χ4v) is 2.45. The standard InChI is InChI=1S/C14H21N3O2/c1-10-5-6-13(16-15)12(8-10)14(18)17-7-3-4-11(9-17)19-2/h5-6,8,11,16H,3-4,7,9,15H2,1-2H3. The van der Waals surface area contributed by atoms with Crippen molar-refractivity contribution in [2.24, 2.45) is 5.84 Å². The highest BCUT2D eigenvalue weighted by Gasteiger charge is 2.25. The Morgan fingerprint density at radius 2 is 2.32 bits per heavy atom. The fourth-order valence-electron chi connectivity index (χ4n) is 2.45. The maximum Gasteiger partial charge on any atom is 0.256 e. The first-order valence-corrected chi connectivity index (χ1v) is 6.55. The monoisotopic (exact) mass is 263 g/mol. The van der Waals surface area contributed by atoms with Crippen LogP contribution in [-0.4, -0.2) is 37.1 Å². The molecule has 0 radical (unpaired) electrons. The second kappa shape index (κ2) is 6.04. The highest BCUT2D eigenvalue weighted by molar-refractivity contribution is 5.99. The number of carbonyl (C=O) groups is 1. The number of aryl methyl sites for hydroxylation is 1. The number of ether oxygens (including phenoxy) is 1. The minimum Gasteiger partial charge on any atom is -0.380 e. The van der Waals surface area contributed by atoms with Gasteiger partial charge in [-0.25, -0.2) is 0 Å². The quantitative estimate of drug-likeness (QED) is 0.641. The summed E-state index contributed by atoms with van der Waals surface area (Å²) >= 11 is 0. The molecule has 1 heterocycles. The predicted molar refractivity (Wildman–Crippen MR) is 74.9 cm³/mol. The second-order valence-electron chi connectivity index (χ2n) is 4.94. The molecule has 0 spiro atoms. The smallest absolute Gasteiger partial charge is 0.256 e. The topological polar surface area (TPSA) is 67.6 Å². The molecule has 1 fully saturated rings. The number of hydrazine groups is 1. The Balaban J connectivity index is 2.21. The second-order valence-corrected chi connectivity index (χ2v) is 4.94. The molecule has 3 N–H and O–H groups in total. The van der Waals surface area contributed by atoms with E-state index in [1.54, 1.807) is 7.11 Å². The highest BCUT2D eigenvalue weighted by Crippen LogP contribution is 2.21. The number of nitrogens with zero attached hydrogens (tertiary/aromatic N) is 1. The van der Waals surface area contributed by atoms with Crippen molar-refractivity contribution >= 4 is 11.6 Å². The summed E-state index contributed by atoms with van der Waals surface area (Å²) in [5, 5.41) is 0. The Hall–Kier alpha value is -1.59. The number of nitrogens with two attached hydrogens (primary N) is 1. The van der Waals surface area contributed by atoms with Crippen molar-refractivity contribution in [2.45, 2.75) is 25.9 Å². The molecule has 0 saturated carbocycles. The van der Waals surface area contributed by atoms with E-state index in [4.69, 9.17) is 10.6 Å². The lowest BCUT2D eigenvalue weighted by Crippen LogP contribution is -2.43. The summed E-state index contributed by atoms with van der Waals surface area (Å²) in [4.78, 5) is 14.4. The Labute approximate surface area is 113 Å². The summed E-state index contributed by atoms with van der Waals surface area (Å²) in [6.45, 7) is 3.38. The van der Waals surface area contributed by atoms with Gasteiger partial charge in [0.25, 0.3) is 5.91 Å². The number of hydrogen-bond acceptors (Lipinski definition) is 4. The SMILES string of the molecule is COC1CCCN(C(=O)c2cc(C)ccc2NN)C1. The molecule has 1 amide bonds. The maximum absolute atomic E-state index is 12.6. The van der Waals surface area contributed by atoms with Crippen LogP contribution in [0.5, 0.6) is 0 Å². The van der Waals surface area contributed by atoms with Gasteiger partial charge in [0.15, 0.2) is 0 Å². The minimum absolute atomic E-state index is 0.0124. The van der Waals surface area contributed by atoms with Crippen LogP contribution in [0.15, 0.2) is 18.2 Å². The summed E-state index contributed by atoms with van der Waals surface area (Å²) in [5.74, 6) is 5.49. The Morgan fingerprint density at radius 3 is 3.00 bits per heavy atom. The summed E-state index contributed by atoms with van der Waals surface area (Å²) in [6.07, 6.45) is 2.12. The van der Waals surface area contributed by atoms with Gasteiger partial charge in [0.1, 0.15) is 0 Å². The van der Waals surface area contributed by atoms with Gasteiger partial charge in [-0.3, -0.25) is 10.6 Å². The van der Waals surface area contributed by atoms with Crippen LogP contribution in [0.4, 0.5) is 5.69 Å². The van der Waals surface area contributed by atoms with Crippen LogP contribution in [0.1, 0.15) is 28.8 Å². The van der Waals surface area contributed by atoms with Crippen LogP contribution in [0.25, 0.3) is 0 Å². The first kappa shape index (κ1) is 13.8. The molecule has 1 aromatic carbocycles. The van der Waals surface area contributed by atoms with Crippen LogP contribution in [0.2, 0.25) is 0 Å². The molecule has 1 aliphatic heterocycles. The van der Waals surface area contributed by atoms with Gasteiger partial charge in [-0.2, -0.15) is 0 Å². The molecule has 104 valence electrons. The highest BCUT2D eigenvalue weighted by atomic mass is 16.5. The molecule has 1 unspecified atom stereocenters. The van der Waals surface area contributed by atoms with Crippen molar-refractivity contribution in [3.8, 4) is 0 Å². The van der Waals surface area contributed by atoms with E-state index in [9.17, 15) is 4.79 Å². The van der Waals surface area contributed by atoms with Crippen molar-refractivity contribution in [2.75, 3.05) is 25.6 Å². The van der Waals surface area contributed by atoms with Crippen LogP contribution in [0, 0.1) is 6.92 Å². The molecule has 1 saturated heterocycles. The van der Waals surface area contributed by atoms with Crippen LogP contribution in [0.3, 0.4) is 0 Å². The van der Waals surface area contributed by atoms with Crippen LogP contribution >= 0.6 is 0 Å². The molecule has 2 rings (SSSR count). The van der Waals surface area contributed by atoms with E-state index in [2.05, 4.69) is 5.43 Å². The molecule has 1 atom stereocenters. The lowest BCUT2D eigenvalue weighted by Gasteiger charge is -2.32. The van der Waals surface area contributed by atoms with Gasteiger partial charge in [-0.1, -0.05) is 11.6 Å². The number of hydrogen-bond donors (Lipinski definition) is 2. The predicted octanol–water partition coefficient (Wildman–Crippen LogP) is 1.53. The number of piperidine rings is 1. The first-order chi connectivity index (χ1) is 9.15. The maximum atomic E-state index is 12.6. The number of benzene rings is 1. The Kier molecular flexibility index (Phi) is 4.39. The van der Waals surface area contributed by atoms with E-state index in [1.807, 2.05) is 30.0 Å². The normalized spacial score (nSPS) is 19.3. The average molecular weight is 263 g/mol. The van der Waals surface area contributed by atoms with E-state index in [-0.39, 0.29) is 12.0 Å². The third kappa shape index (κ3) is 3.05. The summed E-state index contributed by atoms with van der Waals surface area (Å²) in [5.41, 5.74) is 4.92. The van der Waals surface area contributed by atoms with Gasteiger partial charge < -0.3 is 15.1 Å². The van der Waals surface area contributed by atoms with Gasteiger partial charge in [0.05, 0.1) is 17.4 Å². The number of methoxy groups -OCH3 is 1. The number of likely N-dealkylation sites (tertiary alicyclic amines) is 1. The zero-order valence-electron chi connectivity index (χ0n) is 11.5. The van der Waals surface area contributed by atoms with Gasteiger partial charge >= 0.3 is 0 Å². The zero-order valence-corrected chi connectivity index (χ0v) is 11.5. The zero-order chi connectivity index (χ0) is 13.8. The molecule has 1 aliphatic rings. The van der Waals surface area contributed by atoms with Gasteiger partial charge in [-0.05, 0) is 31.9 Å². The van der Waals surface area contributed by atoms with Crippen molar-refractivity contribution in [3.63, 3.8) is 0 Å². The molecule has 1 aromatic rings. The lowest BCUT2D eigenvalue weighted by atomic mass is 10.0. The van der Waals surface area contributed by atoms with E-state index in [1.165, 1.54) is 0 Å². The van der Waals surface area contributed by atoms with Crippen molar-refractivity contribution < 1.29 is 9.53 Å². The lowest BCUT2D eigenvalue weighted by molar-refractivity contribution is 0.0269. The average Bonchev–Trinajstić information content (AvgIpc) is 2.46. The fraction of sp³-hybridized carbons (Fsp3) is 0.500. The van der Waals surface area contributed by atoms with Crippen molar-refractivity contribution in [1.29, 1.82) is 0 Å². The molecule has 5 heteroatoms. The number of amides is 1. The minimum atomic E-state index is 0.0124. The number of nitrogens with one attached hydrogen (secondary N) is 1. The third-order valence-corrected chi connectivity index (χ3v) is 3.56. The molecular formula is C14H21N3O2. The molecule has 19 heavy (non-hydrogen) atoms. The van der Waals surface area contributed by atoms with Crippen molar-refractivity contribution in [1.82, 2.24) is 4.90 Å². The molecular weight excluding hydrogens is 242 g/mol. The Bertz CT molecular complexity index is 462. The Morgan fingerprint density at radius 1 is 1.53 bits per heavy atom. The molecule has 0 aromatic heterocycles. The van der Waals surface area contributed by atoms with E-state index in [0.29, 0.717) is 17.8 Å². The first-order valence-electron chi connectivity index (χ1n) is 6.55. The number of carbonyl (C=O) groups excluding carboxylic acids is 1. The molecule has 0 aliphatic carbocycles. The van der Waals surface area contributed by atoms with E-state index >= 15 is 0 Å². The number of nitrogen functional groups attached to an aromatic ring is 1. The largest absolute Gasteiger partial charge is 0.380 e. The third-order valence-electron chi connectivity index (χ3n) is 3.56. The van der Waals surface area contributed by atoms with Crippen LogP contribution in [-0.2, 0) is 4.74 Å². The van der Waals surface area contributed by atoms with Gasteiger partial charge in [0, 0.05) is 20.2 Å². The van der Waals surface area contributed by atoms with Crippen molar-refractivity contribution in [3.05, 3.63) is 29.3 Å². The summed E-state index contributed by atoms with van der Waals surface area (Å²) < 4.78 is 5.35.